The van der Waals surface area contributed by atoms with E-state index >= 15 is 0 Å². The van der Waals surface area contributed by atoms with E-state index in [2.05, 4.69) is 29.3 Å². The van der Waals surface area contributed by atoms with E-state index in [4.69, 9.17) is 0 Å². The largest absolute Gasteiger partial charge is 0.353 e. The minimum atomic E-state index is -3.45. The first kappa shape index (κ1) is 19.9. The van der Waals surface area contributed by atoms with E-state index in [1.807, 2.05) is 18.2 Å². The van der Waals surface area contributed by atoms with E-state index in [1.54, 1.807) is 20.8 Å². The number of carbonyl (C=O) groups is 1. The first-order valence-electron chi connectivity index (χ1n) is 8.81. The third-order valence-corrected chi connectivity index (χ3v) is 7.55. The third kappa shape index (κ3) is 5.05. The molecule has 1 aliphatic rings. The van der Waals surface area contributed by atoms with Crippen molar-refractivity contribution in [2.24, 2.45) is 0 Å². The van der Waals surface area contributed by atoms with Gasteiger partial charge >= 0.3 is 0 Å². The van der Waals surface area contributed by atoms with Crippen LogP contribution in [0.4, 0.5) is 0 Å². The lowest BCUT2D eigenvalue weighted by molar-refractivity contribution is -0.119. The summed E-state index contributed by atoms with van der Waals surface area (Å²) in [7, 11) is -3.45. The van der Waals surface area contributed by atoms with Gasteiger partial charge in [0, 0.05) is 18.6 Å². The Kier molecular flexibility index (Phi) is 5.94. The van der Waals surface area contributed by atoms with E-state index < -0.39 is 26.2 Å². The lowest BCUT2D eigenvalue weighted by Gasteiger charge is -2.35. The number of nitrogens with zero attached hydrogens (tertiary/aromatic N) is 1. The molecule has 1 amide bonds. The molecule has 0 saturated carbocycles. The Morgan fingerprint density at radius 3 is 2.48 bits per heavy atom. The monoisotopic (exact) mass is 366 g/mol. The van der Waals surface area contributed by atoms with Gasteiger partial charge in [-0.15, -0.1) is 0 Å². The third-order valence-electron chi connectivity index (χ3n) is 5.04. The van der Waals surface area contributed by atoms with Gasteiger partial charge in [0.2, 0.25) is 5.91 Å². The maximum Gasteiger partial charge on any atom is 0.235 e. The number of carbonyl (C=O) groups excluding carboxylic acids is 1. The summed E-state index contributed by atoms with van der Waals surface area (Å²) in [4.78, 5) is 14.5. The van der Waals surface area contributed by atoms with Crippen molar-refractivity contribution in [1.82, 2.24) is 10.2 Å². The lowest BCUT2D eigenvalue weighted by Crippen LogP contribution is -2.50. The highest BCUT2D eigenvalue weighted by atomic mass is 32.2. The molecule has 0 radical (unpaired) electrons. The Hall–Kier alpha value is -1.40. The molecule has 1 fully saturated rings. The molecule has 0 bridgehead atoms. The SMILES string of the molecule is CC1(CNC(=O)CS(=O)(=O)C(C)(C)C)CCCN1Cc1ccccc1. The predicted molar refractivity (Wildman–Crippen MR) is 101 cm³/mol. The molecule has 1 aliphatic heterocycles. The Labute approximate surface area is 151 Å². The molecule has 0 aliphatic carbocycles. The Bertz CT molecular complexity index is 695. The first-order valence-corrected chi connectivity index (χ1v) is 10.5. The number of sulfone groups is 1. The van der Waals surface area contributed by atoms with Gasteiger partial charge in [0.25, 0.3) is 0 Å². The van der Waals surface area contributed by atoms with Crippen LogP contribution in [0.1, 0.15) is 46.1 Å². The van der Waals surface area contributed by atoms with E-state index in [1.165, 1.54) is 5.56 Å². The minimum absolute atomic E-state index is 0.142. The smallest absolute Gasteiger partial charge is 0.235 e. The Morgan fingerprint density at radius 2 is 1.88 bits per heavy atom. The highest BCUT2D eigenvalue weighted by Gasteiger charge is 2.37. The summed E-state index contributed by atoms with van der Waals surface area (Å²) < 4.78 is 23.4. The van der Waals surface area contributed by atoms with Gasteiger partial charge in [-0.05, 0) is 52.6 Å². The number of hydrogen-bond acceptors (Lipinski definition) is 4. The zero-order valence-electron chi connectivity index (χ0n) is 15.7. The van der Waals surface area contributed by atoms with Crippen molar-refractivity contribution in [2.75, 3.05) is 18.8 Å². The minimum Gasteiger partial charge on any atom is -0.353 e. The molecule has 1 atom stereocenters. The van der Waals surface area contributed by atoms with Crippen LogP contribution < -0.4 is 5.32 Å². The fraction of sp³-hybridized carbons (Fsp3) is 0.632. The second kappa shape index (κ2) is 7.46. The number of likely N-dealkylation sites (tertiary alicyclic amines) is 1. The van der Waals surface area contributed by atoms with E-state index in [-0.39, 0.29) is 5.54 Å². The number of amides is 1. The number of rotatable bonds is 6. The van der Waals surface area contributed by atoms with Crippen molar-refractivity contribution in [3.05, 3.63) is 35.9 Å². The van der Waals surface area contributed by atoms with Crippen LogP contribution in [0, 0.1) is 0 Å². The van der Waals surface area contributed by atoms with E-state index in [0.717, 1.165) is 25.9 Å². The molecule has 2 rings (SSSR count). The standard InChI is InChI=1S/C19H30N2O3S/c1-18(2,3)25(23,24)14-17(22)20-15-19(4)11-8-12-21(19)13-16-9-6-5-7-10-16/h5-7,9-10H,8,11-15H2,1-4H3,(H,20,22). The summed E-state index contributed by atoms with van der Waals surface area (Å²) in [5.41, 5.74) is 1.11. The summed E-state index contributed by atoms with van der Waals surface area (Å²) >= 11 is 0. The van der Waals surface area contributed by atoms with Crippen LogP contribution in [0.2, 0.25) is 0 Å². The summed E-state index contributed by atoms with van der Waals surface area (Å²) in [5, 5.41) is 2.85. The summed E-state index contributed by atoms with van der Waals surface area (Å²) in [6.45, 7) is 9.30. The highest BCUT2D eigenvalue weighted by Crippen LogP contribution is 2.30. The van der Waals surface area contributed by atoms with Crippen molar-refractivity contribution < 1.29 is 13.2 Å². The maximum absolute atomic E-state index is 12.2. The van der Waals surface area contributed by atoms with Crippen molar-refractivity contribution in [1.29, 1.82) is 0 Å². The van der Waals surface area contributed by atoms with Crippen LogP contribution in [0.5, 0.6) is 0 Å². The summed E-state index contributed by atoms with van der Waals surface area (Å²) in [6.07, 6.45) is 2.08. The predicted octanol–water partition coefficient (Wildman–Crippen LogP) is 2.37. The lowest BCUT2D eigenvalue weighted by atomic mass is 9.98. The average Bonchev–Trinajstić information content (AvgIpc) is 2.86. The van der Waals surface area contributed by atoms with Gasteiger partial charge in [-0.2, -0.15) is 0 Å². The van der Waals surface area contributed by atoms with Crippen LogP contribution in [-0.2, 0) is 21.2 Å². The molecule has 1 N–H and O–H groups in total. The van der Waals surface area contributed by atoms with Crippen LogP contribution in [-0.4, -0.2) is 48.4 Å². The van der Waals surface area contributed by atoms with Crippen LogP contribution in [0.3, 0.4) is 0 Å². The van der Waals surface area contributed by atoms with Crippen molar-refractivity contribution >= 4 is 15.7 Å². The second-order valence-corrected chi connectivity index (χ2v) is 10.9. The molecular weight excluding hydrogens is 336 g/mol. The van der Waals surface area contributed by atoms with Gasteiger partial charge in [0.1, 0.15) is 5.75 Å². The van der Waals surface area contributed by atoms with Gasteiger partial charge in [-0.3, -0.25) is 9.69 Å². The quantitative estimate of drug-likeness (QED) is 0.839. The van der Waals surface area contributed by atoms with Crippen molar-refractivity contribution in [3.63, 3.8) is 0 Å². The summed E-state index contributed by atoms with van der Waals surface area (Å²) in [5.74, 6) is -0.867. The molecule has 25 heavy (non-hydrogen) atoms. The first-order chi connectivity index (χ1) is 11.5. The van der Waals surface area contributed by atoms with Gasteiger partial charge in [0.05, 0.1) is 4.75 Å². The molecular formula is C19H30N2O3S. The summed E-state index contributed by atoms with van der Waals surface area (Å²) in [6, 6.07) is 10.3. The van der Waals surface area contributed by atoms with Gasteiger partial charge < -0.3 is 5.32 Å². The molecule has 1 heterocycles. The Balaban J connectivity index is 1.95. The Morgan fingerprint density at radius 1 is 1.24 bits per heavy atom. The molecule has 1 unspecified atom stereocenters. The fourth-order valence-electron chi connectivity index (χ4n) is 3.08. The highest BCUT2D eigenvalue weighted by molar-refractivity contribution is 7.93. The van der Waals surface area contributed by atoms with Crippen LogP contribution in [0.15, 0.2) is 30.3 Å². The molecule has 0 aromatic heterocycles. The van der Waals surface area contributed by atoms with Crippen LogP contribution in [0.25, 0.3) is 0 Å². The molecule has 1 aromatic rings. The fourth-order valence-corrected chi connectivity index (χ4v) is 3.96. The average molecular weight is 367 g/mol. The molecule has 1 saturated heterocycles. The molecule has 6 heteroatoms. The van der Waals surface area contributed by atoms with E-state index in [9.17, 15) is 13.2 Å². The number of benzene rings is 1. The zero-order valence-corrected chi connectivity index (χ0v) is 16.5. The van der Waals surface area contributed by atoms with Gasteiger partial charge in [0.15, 0.2) is 9.84 Å². The molecule has 1 aromatic carbocycles. The molecule has 140 valence electrons. The molecule has 0 spiro atoms. The number of nitrogens with one attached hydrogen (secondary N) is 1. The second-order valence-electron chi connectivity index (χ2n) is 8.16. The maximum atomic E-state index is 12.2. The van der Waals surface area contributed by atoms with Crippen molar-refractivity contribution in [3.8, 4) is 0 Å². The van der Waals surface area contributed by atoms with Gasteiger partial charge in [-0.25, -0.2) is 8.42 Å². The van der Waals surface area contributed by atoms with Crippen LogP contribution >= 0.6 is 0 Å². The van der Waals surface area contributed by atoms with E-state index in [0.29, 0.717) is 6.54 Å². The van der Waals surface area contributed by atoms with Crippen molar-refractivity contribution in [2.45, 2.75) is 57.4 Å². The zero-order chi connectivity index (χ0) is 18.7. The molecule has 5 nitrogen and oxygen atoms in total. The normalized spacial score (nSPS) is 22.1. The van der Waals surface area contributed by atoms with Gasteiger partial charge in [-0.1, -0.05) is 30.3 Å². The topological polar surface area (TPSA) is 66.5 Å². The number of hydrogen-bond donors (Lipinski definition) is 1.